The molecule has 2 heteroatoms. The van der Waals surface area contributed by atoms with Crippen LogP contribution in [-0.4, -0.2) is 35.2 Å². The van der Waals surface area contributed by atoms with Crippen LogP contribution < -0.4 is 0 Å². The quantitative estimate of drug-likeness (QED) is 0.864. The number of aliphatic hydroxyl groups excluding tert-OH is 1. The Morgan fingerprint density at radius 2 is 1.94 bits per heavy atom. The van der Waals surface area contributed by atoms with Gasteiger partial charge in [0.25, 0.3) is 0 Å². The van der Waals surface area contributed by atoms with Gasteiger partial charge in [-0.15, -0.1) is 0 Å². The molecule has 0 amide bonds. The van der Waals surface area contributed by atoms with Crippen molar-refractivity contribution in [2.24, 2.45) is 0 Å². The van der Waals surface area contributed by atoms with Crippen LogP contribution in [0.5, 0.6) is 0 Å². The van der Waals surface area contributed by atoms with Gasteiger partial charge in [0.2, 0.25) is 0 Å². The van der Waals surface area contributed by atoms with E-state index < -0.39 is 0 Å². The Morgan fingerprint density at radius 3 is 2.56 bits per heavy atom. The first kappa shape index (κ1) is 13.6. The third-order valence-corrected chi connectivity index (χ3v) is 4.43. The van der Waals surface area contributed by atoms with Gasteiger partial charge in [-0.3, -0.25) is 4.90 Å². The van der Waals surface area contributed by atoms with Crippen LogP contribution in [0.4, 0.5) is 0 Å². The molecule has 0 bridgehead atoms. The van der Waals surface area contributed by atoms with Gasteiger partial charge >= 0.3 is 0 Å². The second kappa shape index (κ2) is 5.85. The van der Waals surface area contributed by atoms with Crippen molar-refractivity contribution in [1.82, 2.24) is 4.90 Å². The van der Waals surface area contributed by atoms with E-state index in [1.165, 1.54) is 5.56 Å². The van der Waals surface area contributed by atoms with E-state index in [0.29, 0.717) is 12.0 Å². The highest BCUT2D eigenvalue weighted by molar-refractivity contribution is 5.27. The first-order valence-corrected chi connectivity index (χ1v) is 7.11. The minimum atomic E-state index is -0.198. The number of nitrogens with zero attached hydrogens (tertiary/aromatic N) is 1. The number of unbranched alkanes of at least 4 members (excludes halogenated alkanes) is 1. The van der Waals surface area contributed by atoms with E-state index >= 15 is 0 Å². The van der Waals surface area contributed by atoms with E-state index in [1.54, 1.807) is 0 Å². The van der Waals surface area contributed by atoms with Gasteiger partial charge in [-0.25, -0.2) is 0 Å². The largest absolute Gasteiger partial charge is 0.391 e. The minimum Gasteiger partial charge on any atom is -0.391 e. The fraction of sp³-hybridized carbons (Fsp3) is 0.625. The van der Waals surface area contributed by atoms with Gasteiger partial charge < -0.3 is 5.11 Å². The van der Waals surface area contributed by atoms with Crippen molar-refractivity contribution in [3.8, 4) is 0 Å². The number of benzene rings is 1. The van der Waals surface area contributed by atoms with E-state index in [2.05, 4.69) is 56.1 Å². The topological polar surface area (TPSA) is 23.5 Å². The average molecular weight is 247 g/mol. The van der Waals surface area contributed by atoms with E-state index in [-0.39, 0.29) is 12.1 Å². The molecule has 2 nitrogen and oxygen atoms in total. The van der Waals surface area contributed by atoms with E-state index in [1.807, 2.05) is 0 Å². The van der Waals surface area contributed by atoms with E-state index in [9.17, 15) is 5.11 Å². The Balaban J connectivity index is 2.09. The van der Waals surface area contributed by atoms with Crippen molar-refractivity contribution in [3.63, 3.8) is 0 Å². The SMILES string of the molecule is CCCC[C@@H](O)[C@@H]1[C@@H](c2ccccc2)[C@H](C)N1C. The molecule has 0 radical (unpaired) electrons. The molecule has 1 saturated heterocycles. The highest BCUT2D eigenvalue weighted by Gasteiger charge is 2.47. The summed E-state index contributed by atoms with van der Waals surface area (Å²) in [6.45, 7) is 4.43. The molecule has 1 N–H and O–H groups in total. The summed E-state index contributed by atoms with van der Waals surface area (Å²) in [6, 6.07) is 11.4. The normalized spacial score (nSPS) is 29.9. The molecule has 100 valence electrons. The summed E-state index contributed by atoms with van der Waals surface area (Å²) >= 11 is 0. The molecular formula is C16H25NO. The Kier molecular flexibility index (Phi) is 4.41. The first-order valence-electron chi connectivity index (χ1n) is 7.11. The number of hydrogen-bond donors (Lipinski definition) is 1. The van der Waals surface area contributed by atoms with Crippen LogP contribution in [0, 0.1) is 0 Å². The molecule has 1 fully saturated rings. The molecular weight excluding hydrogens is 222 g/mol. The lowest BCUT2D eigenvalue weighted by molar-refractivity contribution is -0.0609. The van der Waals surface area contributed by atoms with Gasteiger partial charge in [0.05, 0.1) is 6.10 Å². The van der Waals surface area contributed by atoms with Crippen LogP contribution in [-0.2, 0) is 0 Å². The van der Waals surface area contributed by atoms with Crippen molar-refractivity contribution in [2.75, 3.05) is 7.05 Å². The summed E-state index contributed by atoms with van der Waals surface area (Å²) in [7, 11) is 2.13. The molecule has 0 aromatic heterocycles. The fourth-order valence-corrected chi connectivity index (χ4v) is 3.21. The van der Waals surface area contributed by atoms with Gasteiger partial charge in [0, 0.05) is 18.0 Å². The molecule has 1 aromatic rings. The molecule has 4 atom stereocenters. The second-order valence-electron chi connectivity index (χ2n) is 5.54. The fourth-order valence-electron chi connectivity index (χ4n) is 3.21. The van der Waals surface area contributed by atoms with Gasteiger partial charge in [0.15, 0.2) is 0 Å². The summed E-state index contributed by atoms with van der Waals surface area (Å²) in [5, 5.41) is 10.4. The highest BCUT2D eigenvalue weighted by Crippen LogP contribution is 2.41. The molecule has 2 rings (SSSR count). The standard InChI is InChI=1S/C16H25NO/c1-4-5-11-14(18)16-15(12(2)17(16)3)13-9-7-6-8-10-13/h6-10,12,14-16,18H,4-5,11H2,1-3H3/t12-,14+,15+,16+/m0/s1. The van der Waals surface area contributed by atoms with Crippen LogP contribution in [0.25, 0.3) is 0 Å². The van der Waals surface area contributed by atoms with Crippen molar-refractivity contribution < 1.29 is 5.11 Å². The minimum absolute atomic E-state index is 0.198. The first-order chi connectivity index (χ1) is 8.66. The van der Waals surface area contributed by atoms with Gasteiger partial charge in [-0.2, -0.15) is 0 Å². The average Bonchev–Trinajstić information content (AvgIpc) is 2.41. The molecule has 0 aliphatic carbocycles. The number of aliphatic hydroxyl groups is 1. The Bertz CT molecular complexity index is 365. The van der Waals surface area contributed by atoms with E-state index in [4.69, 9.17) is 0 Å². The molecule has 18 heavy (non-hydrogen) atoms. The third kappa shape index (κ3) is 2.45. The second-order valence-corrected chi connectivity index (χ2v) is 5.54. The number of likely N-dealkylation sites (N-methyl/N-ethyl adjacent to an activating group) is 1. The predicted molar refractivity (Wildman–Crippen MR) is 75.7 cm³/mol. The Morgan fingerprint density at radius 1 is 1.28 bits per heavy atom. The lowest BCUT2D eigenvalue weighted by Crippen LogP contribution is -2.63. The summed E-state index contributed by atoms with van der Waals surface area (Å²) in [5.41, 5.74) is 1.36. The molecule has 0 saturated carbocycles. The summed E-state index contributed by atoms with van der Waals surface area (Å²) in [6.07, 6.45) is 2.98. The highest BCUT2D eigenvalue weighted by atomic mass is 16.3. The lowest BCUT2D eigenvalue weighted by Gasteiger charge is -2.54. The summed E-state index contributed by atoms with van der Waals surface area (Å²) in [4.78, 5) is 2.32. The van der Waals surface area contributed by atoms with Gasteiger partial charge in [0.1, 0.15) is 0 Å². The monoisotopic (exact) mass is 247 g/mol. The van der Waals surface area contributed by atoms with Crippen molar-refractivity contribution >= 4 is 0 Å². The van der Waals surface area contributed by atoms with Crippen LogP contribution in [0.1, 0.15) is 44.6 Å². The zero-order valence-corrected chi connectivity index (χ0v) is 11.7. The predicted octanol–water partition coefficient (Wildman–Crippen LogP) is 3.02. The molecule has 1 aromatic carbocycles. The van der Waals surface area contributed by atoms with E-state index in [0.717, 1.165) is 19.3 Å². The molecule has 1 heterocycles. The smallest absolute Gasteiger partial charge is 0.0701 e. The maximum atomic E-state index is 10.4. The van der Waals surface area contributed by atoms with Crippen LogP contribution in [0.3, 0.4) is 0 Å². The van der Waals surface area contributed by atoms with Crippen molar-refractivity contribution in [3.05, 3.63) is 35.9 Å². The van der Waals surface area contributed by atoms with Crippen LogP contribution in [0.2, 0.25) is 0 Å². The molecule has 1 aliphatic heterocycles. The maximum Gasteiger partial charge on any atom is 0.0701 e. The lowest BCUT2D eigenvalue weighted by atomic mass is 9.73. The van der Waals surface area contributed by atoms with Crippen molar-refractivity contribution in [1.29, 1.82) is 0 Å². The number of hydrogen-bond acceptors (Lipinski definition) is 2. The zero-order valence-electron chi connectivity index (χ0n) is 11.7. The van der Waals surface area contributed by atoms with Crippen LogP contribution >= 0.6 is 0 Å². The van der Waals surface area contributed by atoms with Crippen molar-refractivity contribution in [2.45, 2.75) is 57.2 Å². The van der Waals surface area contributed by atoms with Gasteiger partial charge in [-0.1, -0.05) is 50.1 Å². The molecule has 0 unspecified atom stereocenters. The third-order valence-electron chi connectivity index (χ3n) is 4.43. The molecule has 0 spiro atoms. The molecule has 1 aliphatic rings. The Hall–Kier alpha value is -0.860. The summed E-state index contributed by atoms with van der Waals surface area (Å²) < 4.78 is 0. The maximum absolute atomic E-state index is 10.4. The zero-order chi connectivity index (χ0) is 13.1. The number of likely N-dealkylation sites (tertiary alicyclic amines) is 1. The van der Waals surface area contributed by atoms with Gasteiger partial charge in [-0.05, 0) is 26.0 Å². The summed E-state index contributed by atoms with van der Waals surface area (Å²) in [5.74, 6) is 0.475. The number of rotatable bonds is 5. The Labute approximate surface area is 111 Å². The van der Waals surface area contributed by atoms with Crippen LogP contribution in [0.15, 0.2) is 30.3 Å².